The number of ether oxygens (including phenoxy) is 1. The highest BCUT2D eigenvalue weighted by Gasteiger charge is 2.13. The average molecular weight is 352 g/mol. The van der Waals surface area contributed by atoms with E-state index < -0.39 is 0 Å². The molecule has 1 aromatic carbocycles. The summed E-state index contributed by atoms with van der Waals surface area (Å²) in [6.07, 6.45) is 3.27. The first-order valence-corrected chi connectivity index (χ1v) is 8.66. The number of nitrogens with two attached hydrogens (primary N) is 1. The number of hydrogen-bond donors (Lipinski definition) is 1. The molecule has 126 valence electrons. The van der Waals surface area contributed by atoms with Crippen LogP contribution in [0.15, 0.2) is 35.6 Å². The number of rotatable bonds is 4. The van der Waals surface area contributed by atoms with Gasteiger partial charge >= 0.3 is 0 Å². The van der Waals surface area contributed by atoms with E-state index in [4.69, 9.17) is 15.7 Å². The van der Waals surface area contributed by atoms with Crippen LogP contribution in [0.4, 0.5) is 5.82 Å². The van der Waals surface area contributed by atoms with E-state index in [0.29, 0.717) is 28.2 Å². The lowest BCUT2D eigenvalue weighted by molar-refractivity contribution is 0.454. The summed E-state index contributed by atoms with van der Waals surface area (Å²) < 4.78 is 7.28. The predicted octanol–water partition coefficient (Wildman–Crippen LogP) is 3.25. The standard InChI is InChI=1S/C17H16N6OS/c1-10-4-5-13(6-11(10)2)24-15-7-14(21-17(22-15)25-3)23-16(19)12(8-18)9-20-23/h4-7,9H,19H2,1-3H3. The molecule has 0 unspecified atom stereocenters. The van der Waals surface area contributed by atoms with Crippen LogP contribution in [0.25, 0.3) is 5.82 Å². The van der Waals surface area contributed by atoms with Gasteiger partial charge in [0.05, 0.1) is 6.20 Å². The van der Waals surface area contributed by atoms with Gasteiger partial charge in [0, 0.05) is 6.07 Å². The van der Waals surface area contributed by atoms with Crippen molar-refractivity contribution >= 4 is 17.6 Å². The van der Waals surface area contributed by atoms with Gasteiger partial charge in [-0.2, -0.15) is 20.0 Å². The number of nitrogen functional groups attached to an aromatic ring is 1. The topological polar surface area (TPSA) is 103 Å². The van der Waals surface area contributed by atoms with Crippen LogP contribution in [0.1, 0.15) is 16.7 Å². The van der Waals surface area contributed by atoms with Crippen molar-refractivity contribution in [3.63, 3.8) is 0 Å². The lowest BCUT2D eigenvalue weighted by Crippen LogP contribution is -2.06. The number of thioether (sulfide) groups is 1. The zero-order valence-corrected chi connectivity index (χ0v) is 14.8. The fourth-order valence-corrected chi connectivity index (χ4v) is 2.54. The molecule has 8 heteroatoms. The molecule has 0 saturated carbocycles. The summed E-state index contributed by atoms with van der Waals surface area (Å²) in [4.78, 5) is 8.75. The fraction of sp³-hybridized carbons (Fsp3) is 0.176. The Balaban J connectivity index is 2.01. The second-order valence-electron chi connectivity index (χ2n) is 5.37. The monoisotopic (exact) mass is 352 g/mol. The van der Waals surface area contributed by atoms with Crippen LogP contribution in [0, 0.1) is 25.2 Å². The highest BCUT2D eigenvalue weighted by molar-refractivity contribution is 7.98. The first kappa shape index (κ1) is 16.8. The minimum Gasteiger partial charge on any atom is -0.439 e. The van der Waals surface area contributed by atoms with Crippen LogP contribution in [0.5, 0.6) is 11.6 Å². The largest absolute Gasteiger partial charge is 0.439 e. The van der Waals surface area contributed by atoms with Gasteiger partial charge in [-0.05, 0) is 43.4 Å². The molecule has 0 bridgehead atoms. The SMILES string of the molecule is CSc1nc(Oc2ccc(C)c(C)c2)cc(-n2ncc(C#N)c2N)n1. The van der Waals surface area contributed by atoms with Crippen LogP contribution in [-0.2, 0) is 0 Å². The Bertz CT molecular complexity index is 976. The number of nitrogens with zero attached hydrogens (tertiary/aromatic N) is 5. The summed E-state index contributed by atoms with van der Waals surface area (Å²) in [6, 6.07) is 9.46. The van der Waals surface area contributed by atoms with E-state index in [2.05, 4.69) is 15.1 Å². The second-order valence-corrected chi connectivity index (χ2v) is 6.14. The Hall–Kier alpha value is -3.05. The molecule has 0 radical (unpaired) electrons. The van der Waals surface area contributed by atoms with Crippen LogP contribution in [0.3, 0.4) is 0 Å². The Morgan fingerprint density at radius 1 is 1.20 bits per heavy atom. The number of nitriles is 1. The van der Waals surface area contributed by atoms with Crippen molar-refractivity contribution in [2.45, 2.75) is 19.0 Å². The van der Waals surface area contributed by atoms with Gasteiger partial charge < -0.3 is 10.5 Å². The molecule has 0 aliphatic rings. The summed E-state index contributed by atoms with van der Waals surface area (Å²) in [5, 5.41) is 13.7. The van der Waals surface area contributed by atoms with Crippen molar-refractivity contribution < 1.29 is 4.74 Å². The van der Waals surface area contributed by atoms with E-state index in [1.54, 1.807) is 6.07 Å². The molecule has 2 N–H and O–H groups in total. The van der Waals surface area contributed by atoms with Gasteiger partial charge in [-0.25, -0.2) is 4.98 Å². The third kappa shape index (κ3) is 3.41. The van der Waals surface area contributed by atoms with Gasteiger partial charge in [0.2, 0.25) is 5.88 Å². The second kappa shape index (κ2) is 6.83. The lowest BCUT2D eigenvalue weighted by Gasteiger charge is -2.10. The number of benzene rings is 1. The minimum atomic E-state index is 0.227. The van der Waals surface area contributed by atoms with Crippen LogP contribution >= 0.6 is 11.8 Å². The number of aromatic nitrogens is 4. The Morgan fingerprint density at radius 3 is 2.64 bits per heavy atom. The number of aryl methyl sites for hydroxylation is 2. The zero-order chi connectivity index (χ0) is 18.0. The molecule has 7 nitrogen and oxygen atoms in total. The molecule has 0 saturated heterocycles. The van der Waals surface area contributed by atoms with Crippen molar-refractivity contribution in [2.24, 2.45) is 0 Å². The maximum absolute atomic E-state index is 9.03. The summed E-state index contributed by atoms with van der Waals surface area (Å²) in [5.74, 6) is 1.74. The first-order chi connectivity index (χ1) is 12.0. The normalized spacial score (nSPS) is 10.5. The van der Waals surface area contributed by atoms with E-state index in [-0.39, 0.29) is 5.82 Å². The van der Waals surface area contributed by atoms with Gasteiger partial charge in [0.15, 0.2) is 11.0 Å². The van der Waals surface area contributed by atoms with Crippen LogP contribution in [-0.4, -0.2) is 26.0 Å². The molecule has 25 heavy (non-hydrogen) atoms. The molecule has 2 aromatic heterocycles. The third-order valence-corrected chi connectivity index (χ3v) is 4.24. The quantitative estimate of drug-likeness (QED) is 0.568. The van der Waals surface area contributed by atoms with Crippen molar-refractivity contribution in [3.8, 4) is 23.5 Å². The number of anilines is 1. The van der Waals surface area contributed by atoms with Gasteiger partial charge in [-0.3, -0.25) is 0 Å². The summed E-state index contributed by atoms with van der Waals surface area (Å²) in [6.45, 7) is 4.07. The maximum atomic E-state index is 9.03. The molecule has 2 heterocycles. The van der Waals surface area contributed by atoms with E-state index >= 15 is 0 Å². The molecule has 3 aromatic rings. The molecular weight excluding hydrogens is 336 g/mol. The molecule has 0 aliphatic carbocycles. The van der Waals surface area contributed by atoms with E-state index in [9.17, 15) is 0 Å². The summed E-state index contributed by atoms with van der Waals surface area (Å²) in [7, 11) is 0. The van der Waals surface area contributed by atoms with Gasteiger partial charge in [0.25, 0.3) is 0 Å². The summed E-state index contributed by atoms with van der Waals surface area (Å²) in [5.41, 5.74) is 8.56. The summed E-state index contributed by atoms with van der Waals surface area (Å²) >= 11 is 1.38. The Kier molecular flexibility index (Phi) is 4.59. The van der Waals surface area contributed by atoms with Crippen LogP contribution in [0.2, 0.25) is 0 Å². The van der Waals surface area contributed by atoms with Gasteiger partial charge in [-0.1, -0.05) is 17.8 Å². The molecular formula is C17H16N6OS. The highest BCUT2D eigenvalue weighted by atomic mass is 32.2. The molecule has 0 aliphatic heterocycles. The number of hydrogen-bond acceptors (Lipinski definition) is 7. The third-order valence-electron chi connectivity index (χ3n) is 3.70. The van der Waals surface area contributed by atoms with Crippen molar-refractivity contribution in [1.82, 2.24) is 19.7 Å². The maximum Gasteiger partial charge on any atom is 0.225 e. The smallest absolute Gasteiger partial charge is 0.225 e. The van der Waals surface area contributed by atoms with Crippen molar-refractivity contribution in [3.05, 3.63) is 47.2 Å². The fourth-order valence-electron chi connectivity index (χ4n) is 2.17. The highest BCUT2D eigenvalue weighted by Crippen LogP contribution is 2.26. The van der Waals surface area contributed by atoms with Crippen molar-refractivity contribution in [2.75, 3.05) is 12.0 Å². The molecule has 3 rings (SSSR count). The first-order valence-electron chi connectivity index (χ1n) is 7.44. The zero-order valence-electron chi connectivity index (χ0n) is 14.0. The van der Waals surface area contributed by atoms with Gasteiger partial charge in [0.1, 0.15) is 23.2 Å². The average Bonchev–Trinajstić information content (AvgIpc) is 2.98. The van der Waals surface area contributed by atoms with E-state index in [1.807, 2.05) is 44.4 Å². The molecule has 0 fully saturated rings. The van der Waals surface area contributed by atoms with Crippen LogP contribution < -0.4 is 10.5 Å². The van der Waals surface area contributed by atoms with Crippen molar-refractivity contribution in [1.29, 1.82) is 5.26 Å². The minimum absolute atomic E-state index is 0.227. The Labute approximate surface area is 149 Å². The van der Waals surface area contributed by atoms with E-state index in [0.717, 1.165) is 5.56 Å². The molecule has 0 atom stereocenters. The predicted molar refractivity (Wildman–Crippen MR) is 96.1 cm³/mol. The Morgan fingerprint density at radius 2 is 2.00 bits per heavy atom. The molecule has 0 spiro atoms. The lowest BCUT2D eigenvalue weighted by atomic mass is 10.1. The van der Waals surface area contributed by atoms with E-state index in [1.165, 1.54) is 28.2 Å². The molecule has 0 amide bonds. The van der Waals surface area contributed by atoms with Gasteiger partial charge in [-0.15, -0.1) is 0 Å².